The number of rotatable bonds is 87. The first-order valence-corrected chi connectivity index (χ1v) is 48.5. The molecule has 0 spiro atoms. The third-order valence-electron chi connectivity index (χ3n) is 20.7. The number of aliphatic hydroxyl groups is 1. The van der Waals surface area contributed by atoms with Crippen molar-refractivity contribution in [3.05, 3.63) is 0 Å². The number of phosphoric acid groups is 2. The van der Waals surface area contributed by atoms with Crippen molar-refractivity contribution in [1.29, 1.82) is 0 Å². The first kappa shape index (κ1) is 105. The van der Waals surface area contributed by atoms with Crippen LogP contribution in [0.25, 0.3) is 0 Å². The van der Waals surface area contributed by atoms with Crippen LogP contribution in [0.4, 0.5) is 0 Å². The van der Waals surface area contributed by atoms with Gasteiger partial charge in [-0.25, -0.2) is 9.13 Å². The summed E-state index contributed by atoms with van der Waals surface area (Å²) < 4.78 is 69.0. The highest BCUT2D eigenvalue weighted by Crippen LogP contribution is 2.45. The fraction of sp³-hybridized carbons (Fsp3) is 0.955. The van der Waals surface area contributed by atoms with E-state index in [1.165, 1.54) is 289 Å². The van der Waals surface area contributed by atoms with Crippen molar-refractivity contribution in [1.82, 2.24) is 0 Å². The molecule has 0 aromatic heterocycles. The van der Waals surface area contributed by atoms with E-state index in [-0.39, 0.29) is 25.7 Å². The minimum atomic E-state index is -4.97. The quantitative estimate of drug-likeness (QED) is 0.0222. The maximum atomic E-state index is 13.2. The number of phosphoric ester groups is 2. The lowest BCUT2D eigenvalue weighted by atomic mass is 10.0. The second kappa shape index (κ2) is 79.3. The van der Waals surface area contributed by atoms with Crippen molar-refractivity contribution in [3.63, 3.8) is 0 Å². The predicted octanol–water partition coefficient (Wildman–Crippen LogP) is 27.0. The summed E-state index contributed by atoms with van der Waals surface area (Å²) in [5, 5.41) is 10.7. The van der Waals surface area contributed by atoms with Gasteiger partial charge in [0.05, 0.1) is 26.4 Å². The maximum absolute atomic E-state index is 13.2. The SMILES string of the molecule is CCCCCCCCCCCCCCCCCCCCCCC(=O)O[C@H](COC(=O)CCCCCCCCCCCCCCCCC(C)C)COP(=O)(O)OC[C@@H](O)COP(=O)(O)OC[C@@H](COC(=O)CCCCCCCCCCCCCCC)OC(=O)CCCCCCCCCCCCCCCCC(C)C. The number of hydrogen-bond acceptors (Lipinski definition) is 15. The van der Waals surface area contributed by atoms with Crippen molar-refractivity contribution >= 4 is 39.5 Å². The average molecular weight is 1560 g/mol. The predicted molar refractivity (Wildman–Crippen MR) is 442 cm³/mol. The van der Waals surface area contributed by atoms with Crippen molar-refractivity contribution in [2.24, 2.45) is 11.8 Å². The van der Waals surface area contributed by atoms with Gasteiger partial charge >= 0.3 is 39.5 Å². The number of carbonyl (C=O) groups excluding carboxylic acids is 4. The number of ether oxygens (including phenoxy) is 4. The van der Waals surface area contributed by atoms with Gasteiger partial charge in [-0.3, -0.25) is 37.3 Å². The van der Waals surface area contributed by atoms with E-state index in [1.54, 1.807) is 0 Å². The molecule has 0 rings (SSSR count). The van der Waals surface area contributed by atoms with Crippen LogP contribution in [0.3, 0.4) is 0 Å². The monoisotopic (exact) mass is 1560 g/mol. The zero-order valence-corrected chi connectivity index (χ0v) is 72.2. The summed E-state index contributed by atoms with van der Waals surface area (Å²) in [5.74, 6) is -0.503. The van der Waals surface area contributed by atoms with Crippen LogP contribution in [0.5, 0.6) is 0 Å². The van der Waals surface area contributed by atoms with Gasteiger partial charge < -0.3 is 33.8 Å². The fourth-order valence-electron chi connectivity index (χ4n) is 13.8. The highest BCUT2D eigenvalue weighted by atomic mass is 31.2. The molecule has 19 heteroatoms. The Balaban J connectivity index is 5.26. The second-order valence-corrected chi connectivity index (χ2v) is 35.5. The lowest BCUT2D eigenvalue weighted by Crippen LogP contribution is -2.30. The molecule has 0 bridgehead atoms. The number of aliphatic hydroxyl groups excluding tert-OH is 1. The van der Waals surface area contributed by atoms with Gasteiger partial charge in [-0.1, -0.05) is 420 Å². The van der Waals surface area contributed by atoms with E-state index in [9.17, 15) is 43.2 Å². The minimum absolute atomic E-state index is 0.108. The van der Waals surface area contributed by atoms with E-state index in [0.717, 1.165) is 102 Å². The van der Waals surface area contributed by atoms with Gasteiger partial charge in [0.1, 0.15) is 19.3 Å². The molecule has 5 atom stereocenters. The van der Waals surface area contributed by atoms with Crippen LogP contribution >= 0.6 is 15.6 Å². The molecular formula is C88H172O17P2. The van der Waals surface area contributed by atoms with Crippen molar-refractivity contribution in [3.8, 4) is 0 Å². The fourth-order valence-corrected chi connectivity index (χ4v) is 15.4. The molecule has 107 heavy (non-hydrogen) atoms. The zero-order chi connectivity index (χ0) is 78.5. The number of carbonyl (C=O) groups is 4. The first-order chi connectivity index (χ1) is 51.9. The molecule has 0 radical (unpaired) electrons. The molecule has 2 unspecified atom stereocenters. The maximum Gasteiger partial charge on any atom is 0.472 e. The largest absolute Gasteiger partial charge is 0.472 e. The van der Waals surface area contributed by atoms with Crippen LogP contribution in [0, 0.1) is 11.8 Å². The van der Waals surface area contributed by atoms with Gasteiger partial charge in [0.15, 0.2) is 12.2 Å². The Morgan fingerprint density at radius 2 is 0.430 bits per heavy atom. The Hall–Kier alpha value is -1.94. The van der Waals surface area contributed by atoms with Crippen LogP contribution in [0.2, 0.25) is 0 Å². The Morgan fingerprint density at radius 3 is 0.636 bits per heavy atom. The number of esters is 4. The van der Waals surface area contributed by atoms with Crippen molar-refractivity contribution < 1.29 is 80.2 Å². The van der Waals surface area contributed by atoms with Crippen molar-refractivity contribution in [2.75, 3.05) is 39.6 Å². The van der Waals surface area contributed by atoms with Gasteiger partial charge in [0.25, 0.3) is 0 Å². The summed E-state index contributed by atoms with van der Waals surface area (Å²) in [6, 6.07) is 0. The third-order valence-corrected chi connectivity index (χ3v) is 22.6. The van der Waals surface area contributed by atoms with Crippen LogP contribution in [-0.2, 0) is 65.4 Å². The Bertz CT molecular complexity index is 2050. The third kappa shape index (κ3) is 81.9. The van der Waals surface area contributed by atoms with Crippen LogP contribution in [0.15, 0.2) is 0 Å². The van der Waals surface area contributed by atoms with Crippen LogP contribution in [-0.4, -0.2) is 96.7 Å². The highest BCUT2D eigenvalue weighted by molar-refractivity contribution is 7.47. The van der Waals surface area contributed by atoms with E-state index in [2.05, 4.69) is 41.5 Å². The topological polar surface area (TPSA) is 237 Å². The Kier molecular flexibility index (Phi) is 77.9. The molecule has 17 nitrogen and oxygen atoms in total. The summed E-state index contributed by atoms with van der Waals surface area (Å²) in [7, 11) is -9.93. The minimum Gasteiger partial charge on any atom is -0.462 e. The molecule has 0 aliphatic carbocycles. The molecule has 636 valence electrons. The van der Waals surface area contributed by atoms with E-state index in [0.29, 0.717) is 25.7 Å². The summed E-state index contributed by atoms with van der Waals surface area (Å²) in [5.41, 5.74) is 0. The molecule has 0 aromatic carbocycles. The van der Waals surface area contributed by atoms with Gasteiger partial charge in [0, 0.05) is 25.7 Å². The summed E-state index contributed by atoms with van der Waals surface area (Å²) >= 11 is 0. The van der Waals surface area contributed by atoms with Gasteiger partial charge in [-0.15, -0.1) is 0 Å². The van der Waals surface area contributed by atoms with Gasteiger partial charge in [-0.2, -0.15) is 0 Å². The summed E-state index contributed by atoms with van der Waals surface area (Å²) in [6.07, 6.45) is 72.1. The van der Waals surface area contributed by atoms with Gasteiger partial charge in [0.2, 0.25) is 0 Å². The molecular weight excluding hydrogens is 1390 g/mol. The Labute approximate surface area is 658 Å². The van der Waals surface area contributed by atoms with E-state index >= 15 is 0 Å². The second-order valence-electron chi connectivity index (χ2n) is 32.6. The summed E-state index contributed by atoms with van der Waals surface area (Å²) in [6.45, 7) is 9.74. The lowest BCUT2D eigenvalue weighted by Gasteiger charge is -2.21. The first-order valence-electron chi connectivity index (χ1n) is 45.5. The molecule has 0 saturated heterocycles. The normalized spacial score (nSPS) is 13.8. The molecule has 0 aliphatic heterocycles. The molecule has 3 N–H and O–H groups in total. The Morgan fingerprint density at radius 1 is 0.252 bits per heavy atom. The van der Waals surface area contributed by atoms with E-state index in [4.69, 9.17) is 37.0 Å². The highest BCUT2D eigenvalue weighted by Gasteiger charge is 2.30. The molecule has 0 heterocycles. The lowest BCUT2D eigenvalue weighted by molar-refractivity contribution is -0.161. The van der Waals surface area contributed by atoms with E-state index < -0.39 is 97.5 Å². The zero-order valence-electron chi connectivity index (χ0n) is 70.5. The molecule has 0 fully saturated rings. The molecule has 0 aromatic rings. The average Bonchev–Trinajstić information content (AvgIpc) is 0.903. The standard InChI is InChI=1S/C88H172O17P2/c1-7-9-11-13-15-17-19-21-22-23-24-25-26-27-36-42-48-54-60-66-72-87(92)104-84(77-99-86(91)71-65-59-53-47-41-35-30-28-33-38-44-50-56-62-68-80(3)4)79-103-107(96,97)101-75-82(89)74-100-106(94,95)102-78-83(76-98-85(90)70-64-58-52-46-40-32-20-18-16-14-12-10-8-2)105-88(93)73-67-61-55-49-43-37-31-29-34-39-45-51-57-63-69-81(5)6/h80-84,89H,7-79H2,1-6H3,(H,94,95)(H,96,97)/t82-,83+,84+/m0/s1. The van der Waals surface area contributed by atoms with Crippen LogP contribution in [0.1, 0.15) is 472 Å². The molecule has 0 amide bonds. The van der Waals surface area contributed by atoms with Crippen LogP contribution < -0.4 is 0 Å². The molecule has 0 aliphatic rings. The number of unbranched alkanes of at least 4 members (excludes halogenated alkanes) is 57. The molecule has 0 saturated carbocycles. The smallest absolute Gasteiger partial charge is 0.462 e. The summed E-state index contributed by atoms with van der Waals surface area (Å²) in [4.78, 5) is 73.4. The van der Waals surface area contributed by atoms with Crippen molar-refractivity contribution in [2.45, 2.75) is 490 Å². The van der Waals surface area contributed by atoms with Gasteiger partial charge in [-0.05, 0) is 37.5 Å². The van der Waals surface area contributed by atoms with E-state index in [1.807, 2.05) is 0 Å². The number of hydrogen-bond donors (Lipinski definition) is 3.